The highest BCUT2D eigenvalue weighted by Crippen LogP contribution is 2.20. The molecule has 7 heteroatoms. The summed E-state index contributed by atoms with van der Waals surface area (Å²) in [4.78, 5) is 32.2. The standard InChI is InChI=1S/C20H20N4O3/c25-17(21-10-3-5-14-6-4-12-27-14)9-11-24-13-22-18-15-7-1-2-8-16(15)23-19(18)20(24)26/h1-2,4,6-8,12-13,23H,3,5,9-11H2,(H,21,25). The molecule has 0 atom stereocenters. The van der Waals surface area contributed by atoms with Crippen LogP contribution in [0.15, 0.2) is 58.2 Å². The largest absolute Gasteiger partial charge is 0.469 e. The molecule has 0 aliphatic rings. The number of hydrogen-bond acceptors (Lipinski definition) is 4. The molecule has 4 rings (SSSR count). The van der Waals surface area contributed by atoms with Gasteiger partial charge in [0.05, 0.1) is 12.6 Å². The van der Waals surface area contributed by atoms with Crippen molar-refractivity contribution in [2.75, 3.05) is 6.54 Å². The normalized spacial score (nSPS) is 11.3. The predicted octanol–water partition coefficient (Wildman–Crippen LogP) is 2.61. The molecule has 0 spiro atoms. The van der Waals surface area contributed by atoms with Gasteiger partial charge in [-0.3, -0.25) is 14.2 Å². The van der Waals surface area contributed by atoms with Crippen LogP contribution < -0.4 is 10.9 Å². The van der Waals surface area contributed by atoms with E-state index in [2.05, 4.69) is 15.3 Å². The van der Waals surface area contributed by atoms with E-state index in [-0.39, 0.29) is 17.9 Å². The van der Waals surface area contributed by atoms with Crippen molar-refractivity contribution in [1.29, 1.82) is 0 Å². The lowest BCUT2D eigenvalue weighted by atomic mass is 10.2. The Bertz CT molecular complexity index is 1130. The number of furan rings is 1. The van der Waals surface area contributed by atoms with E-state index in [0.717, 1.165) is 29.5 Å². The molecule has 0 fully saturated rings. The molecule has 0 unspecified atom stereocenters. The third-order valence-corrected chi connectivity index (χ3v) is 4.56. The first-order valence-corrected chi connectivity index (χ1v) is 8.97. The molecule has 0 aliphatic heterocycles. The number of aromatic nitrogens is 3. The topological polar surface area (TPSA) is 92.9 Å². The van der Waals surface area contributed by atoms with E-state index < -0.39 is 0 Å². The van der Waals surface area contributed by atoms with Crippen LogP contribution in [-0.4, -0.2) is 27.0 Å². The number of rotatable bonds is 7. The fraction of sp³-hybridized carbons (Fsp3) is 0.250. The van der Waals surface area contributed by atoms with Gasteiger partial charge < -0.3 is 14.7 Å². The average molecular weight is 364 g/mol. The first kappa shape index (κ1) is 17.1. The number of H-pyrrole nitrogens is 1. The van der Waals surface area contributed by atoms with E-state index in [9.17, 15) is 9.59 Å². The fourth-order valence-electron chi connectivity index (χ4n) is 3.15. The van der Waals surface area contributed by atoms with E-state index in [0.29, 0.717) is 24.1 Å². The van der Waals surface area contributed by atoms with Gasteiger partial charge in [-0.05, 0) is 24.6 Å². The molecule has 27 heavy (non-hydrogen) atoms. The summed E-state index contributed by atoms with van der Waals surface area (Å²) in [6, 6.07) is 11.4. The van der Waals surface area contributed by atoms with Crippen molar-refractivity contribution in [3.05, 3.63) is 65.1 Å². The zero-order valence-corrected chi connectivity index (χ0v) is 14.8. The second kappa shape index (κ2) is 7.49. The Morgan fingerprint density at radius 1 is 1.22 bits per heavy atom. The van der Waals surface area contributed by atoms with Crippen molar-refractivity contribution in [3.8, 4) is 0 Å². The number of carbonyl (C=O) groups is 1. The second-order valence-electron chi connectivity index (χ2n) is 6.42. The number of nitrogens with one attached hydrogen (secondary N) is 2. The van der Waals surface area contributed by atoms with Crippen molar-refractivity contribution in [1.82, 2.24) is 19.9 Å². The van der Waals surface area contributed by atoms with Gasteiger partial charge in [0.15, 0.2) is 0 Å². The summed E-state index contributed by atoms with van der Waals surface area (Å²) >= 11 is 0. The second-order valence-corrected chi connectivity index (χ2v) is 6.42. The Hall–Kier alpha value is -3.35. The maximum Gasteiger partial charge on any atom is 0.277 e. The van der Waals surface area contributed by atoms with Gasteiger partial charge in [-0.25, -0.2) is 4.98 Å². The van der Waals surface area contributed by atoms with Crippen LogP contribution in [-0.2, 0) is 17.8 Å². The number of hydrogen-bond donors (Lipinski definition) is 2. The monoisotopic (exact) mass is 364 g/mol. The van der Waals surface area contributed by atoms with Crippen molar-refractivity contribution >= 4 is 27.8 Å². The lowest BCUT2D eigenvalue weighted by Crippen LogP contribution is -2.28. The molecule has 3 aromatic heterocycles. The third-order valence-electron chi connectivity index (χ3n) is 4.56. The van der Waals surface area contributed by atoms with Gasteiger partial charge >= 0.3 is 0 Å². The molecule has 0 saturated carbocycles. The summed E-state index contributed by atoms with van der Waals surface area (Å²) < 4.78 is 6.73. The summed E-state index contributed by atoms with van der Waals surface area (Å²) in [5, 5.41) is 3.79. The molecular weight excluding hydrogens is 344 g/mol. The summed E-state index contributed by atoms with van der Waals surface area (Å²) in [7, 11) is 0. The molecule has 4 aromatic rings. The molecule has 7 nitrogen and oxygen atoms in total. The van der Waals surface area contributed by atoms with Gasteiger partial charge in [0.2, 0.25) is 5.91 Å². The van der Waals surface area contributed by atoms with E-state index in [4.69, 9.17) is 4.42 Å². The number of aryl methyl sites for hydroxylation is 2. The predicted molar refractivity (Wildman–Crippen MR) is 103 cm³/mol. The molecule has 138 valence electrons. The molecule has 0 radical (unpaired) electrons. The van der Waals surface area contributed by atoms with Gasteiger partial charge in [-0.2, -0.15) is 0 Å². The van der Waals surface area contributed by atoms with Crippen molar-refractivity contribution in [2.45, 2.75) is 25.8 Å². The highest BCUT2D eigenvalue weighted by molar-refractivity contribution is 6.04. The fourth-order valence-corrected chi connectivity index (χ4v) is 3.15. The van der Waals surface area contributed by atoms with Crippen LogP contribution >= 0.6 is 0 Å². The van der Waals surface area contributed by atoms with Crippen molar-refractivity contribution in [2.24, 2.45) is 0 Å². The third kappa shape index (κ3) is 3.62. The average Bonchev–Trinajstić information content (AvgIpc) is 3.33. The van der Waals surface area contributed by atoms with E-state index in [1.165, 1.54) is 10.9 Å². The van der Waals surface area contributed by atoms with Gasteiger partial charge in [0.25, 0.3) is 5.56 Å². The molecular formula is C20H20N4O3. The molecule has 0 saturated heterocycles. The lowest BCUT2D eigenvalue weighted by molar-refractivity contribution is -0.121. The number of carbonyl (C=O) groups excluding carboxylic acids is 1. The van der Waals surface area contributed by atoms with Crippen LogP contribution in [0.5, 0.6) is 0 Å². The zero-order valence-electron chi connectivity index (χ0n) is 14.8. The molecule has 3 heterocycles. The number of benzene rings is 1. The molecule has 0 aliphatic carbocycles. The Labute approximate surface area is 155 Å². The molecule has 0 bridgehead atoms. The minimum Gasteiger partial charge on any atom is -0.469 e. The highest BCUT2D eigenvalue weighted by Gasteiger charge is 2.11. The Kier molecular flexibility index (Phi) is 4.74. The number of amides is 1. The van der Waals surface area contributed by atoms with Crippen LogP contribution in [0.4, 0.5) is 0 Å². The van der Waals surface area contributed by atoms with Crippen LogP contribution in [0, 0.1) is 0 Å². The van der Waals surface area contributed by atoms with E-state index >= 15 is 0 Å². The summed E-state index contributed by atoms with van der Waals surface area (Å²) in [6.45, 7) is 0.870. The number of aromatic amines is 1. The quantitative estimate of drug-likeness (QED) is 0.493. The van der Waals surface area contributed by atoms with Gasteiger partial charge in [0.1, 0.15) is 16.8 Å². The first-order chi connectivity index (χ1) is 13.2. The van der Waals surface area contributed by atoms with Crippen molar-refractivity contribution in [3.63, 3.8) is 0 Å². The maximum absolute atomic E-state index is 12.7. The smallest absolute Gasteiger partial charge is 0.277 e. The Balaban J connectivity index is 1.35. The molecule has 2 N–H and O–H groups in total. The summed E-state index contributed by atoms with van der Waals surface area (Å²) in [6.07, 6.45) is 4.97. The van der Waals surface area contributed by atoms with Crippen LogP contribution in [0.25, 0.3) is 21.9 Å². The number of para-hydroxylation sites is 1. The first-order valence-electron chi connectivity index (χ1n) is 8.97. The van der Waals surface area contributed by atoms with Crippen LogP contribution in [0.2, 0.25) is 0 Å². The van der Waals surface area contributed by atoms with E-state index in [1.54, 1.807) is 6.26 Å². The number of nitrogens with zero attached hydrogens (tertiary/aromatic N) is 2. The SMILES string of the molecule is O=C(CCn1cnc2c([nH]c3ccccc32)c1=O)NCCCc1ccco1. The lowest BCUT2D eigenvalue weighted by Gasteiger charge is -2.06. The maximum atomic E-state index is 12.7. The van der Waals surface area contributed by atoms with Crippen molar-refractivity contribution < 1.29 is 9.21 Å². The Morgan fingerprint density at radius 2 is 2.11 bits per heavy atom. The number of fused-ring (bicyclic) bond motifs is 3. The van der Waals surface area contributed by atoms with Gasteiger partial charge in [-0.1, -0.05) is 18.2 Å². The Morgan fingerprint density at radius 3 is 2.96 bits per heavy atom. The van der Waals surface area contributed by atoms with Gasteiger partial charge in [-0.15, -0.1) is 0 Å². The minimum absolute atomic E-state index is 0.0851. The van der Waals surface area contributed by atoms with Crippen LogP contribution in [0.1, 0.15) is 18.6 Å². The molecule has 1 aromatic carbocycles. The summed E-state index contributed by atoms with van der Waals surface area (Å²) in [5.41, 5.74) is 1.85. The minimum atomic E-state index is -0.165. The highest BCUT2D eigenvalue weighted by atomic mass is 16.3. The van der Waals surface area contributed by atoms with Crippen LogP contribution in [0.3, 0.4) is 0 Å². The van der Waals surface area contributed by atoms with Gasteiger partial charge in [0, 0.05) is 36.8 Å². The summed E-state index contributed by atoms with van der Waals surface area (Å²) in [5.74, 6) is 0.826. The van der Waals surface area contributed by atoms with E-state index in [1.807, 2.05) is 36.4 Å². The molecule has 1 amide bonds. The zero-order chi connectivity index (χ0) is 18.6.